The number of rotatable bonds is 10. The van der Waals surface area contributed by atoms with Crippen molar-refractivity contribution < 1.29 is 13.2 Å². The van der Waals surface area contributed by atoms with Gasteiger partial charge in [-0.2, -0.15) is 13.2 Å². The molecular formula is C13H27F3N2. The molecule has 2 nitrogen and oxygen atoms in total. The molecule has 5 heteroatoms. The standard InChI is InChI=1S/C13H27F3N2/c1-11(6-5-7-12(2)17)10-18-9-4-3-8-13(14,15)16/h11-12,18H,3-10,17H2,1-2H3. The smallest absolute Gasteiger partial charge is 0.328 e. The van der Waals surface area contributed by atoms with E-state index in [1.165, 1.54) is 0 Å². The van der Waals surface area contributed by atoms with Crippen molar-refractivity contribution in [1.82, 2.24) is 5.32 Å². The van der Waals surface area contributed by atoms with Gasteiger partial charge in [0.2, 0.25) is 0 Å². The Morgan fingerprint density at radius 2 is 1.72 bits per heavy atom. The monoisotopic (exact) mass is 268 g/mol. The van der Waals surface area contributed by atoms with E-state index in [4.69, 9.17) is 5.73 Å². The molecule has 18 heavy (non-hydrogen) atoms. The minimum atomic E-state index is -4.01. The highest BCUT2D eigenvalue weighted by Crippen LogP contribution is 2.21. The summed E-state index contributed by atoms with van der Waals surface area (Å²) in [4.78, 5) is 0. The molecule has 0 heterocycles. The van der Waals surface area contributed by atoms with Crippen LogP contribution in [-0.2, 0) is 0 Å². The summed E-state index contributed by atoms with van der Waals surface area (Å²) in [6.45, 7) is 5.71. The van der Waals surface area contributed by atoms with Crippen molar-refractivity contribution in [3.8, 4) is 0 Å². The number of alkyl halides is 3. The molecule has 0 saturated heterocycles. The summed E-state index contributed by atoms with van der Waals surface area (Å²) in [5.41, 5.74) is 5.66. The zero-order chi connectivity index (χ0) is 14.0. The zero-order valence-electron chi connectivity index (χ0n) is 11.5. The molecule has 2 unspecified atom stereocenters. The van der Waals surface area contributed by atoms with E-state index in [0.717, 1.165) is 25.8 Å². The molecule has 0 spiro atoms. The predicted molar refractivity (Wildman–Crippen MR) is 69.4 cm³/mol. The Bertz CT molecular complexity index is 193. The maximum atomic E-state index is 11.9. The highest BCUT2D eigenvalue weighted by molar-refractivity contribution is 4.61. The fourth-order valence-corrected chi connectivity index (χ4v) is 1.81. The molecule has 2 atom stereocenters. The van der Waals surface area contributed by atoms with Crippen LogP contribution in [0.5, 0.6) is 0 Å². The van der Waals surface area contributed by atoms with Crippen LogP contribution in [0.3, 0.4) is 0 Å². The van der Waals surface area contributed by atoms with E-state index < -0.39 is 12.6 Å². The molecule has 0 fully saturated rings. The molecule has 0 aromatic rings. The van der Waals surface area contributed by atoms with Gasteiger partial charge in [-0.1, -0.05) is 13.3 Å². The van der Waals surface area contributed by atoms with E-state index in [0.29, 0.717) is 18.9 Å². The number of hydrogen-bond acceptors (Lipinski definition) is 2. The molecule has 0 bridgehead atoms. The first-order valence-electron chi connectivity index (χ1n) is 6.84. The van der Waals surface area contributed by atoms with Gasteiger partial charge in [0.05, 0.1) is 0 Å². The van der Waals surface area contributed by atoms with Crippen LogP contribution in [0, 0.1) is 5.92 Å². The van der Waals surface area contributed by atoms with Crippen LogP contribution in [0.15, 0.2) is 0 Å². The molecule has 0 aliphatic carbocycles. The van der Waals surface area contributed by atoms with Crippen molar-refractivity contribution in [1.29, 1.82) is 0 Å². The summed E-state index contributed by atoms with van der Waals surface area (Å²) in [6.07, 6.45) is -0.589. The number of nitrogens with one attached hydrogen (secondary N) is 1. The van der Waals surface area contributed by atoms with Crippen LogP contribution in [0.4, 0.5) is 13.2 Å². The second-order valence-corrected chi connectivity index (χ2v) is 5.29. The topological polar surface area (TPSA) is 38.0 Å². The van der Waals surface area contributed by atoms with Crippen molar-refractivity contribution in [3.63, 3.8) is 0 Å². The van der Waals surface area contributed by atoms with Crippen molar-refractivity contribution in [2.75, 3.05) is 13.1 Å². The summed E-state index contributed by atoms with van der Waals surface area (Å²) in [6, 6.07) is 0.257. The molecule has 0 saturated carbocycles. The zero-order valence-corrected chi connectivity index (χ0v) is 11.5. The Balaban J connectivity index is 3.27. The number of halogens is 3. The van der Waals surface area contributed by atoms with Gasteiger partial charge in [0.25, 0.3) is 0 Å². The van der Waals surface area contributed by atoms with Gasteiger partial charge in [-0.05, 0) is 51.6 Å². The number of nitrogens with two attached hydrogens (primary N) is 1. The highest BCUT2D eigenvalue weighted by atomic mass is 19.4. The third-order valence-electron chi connectivity index (χ3n) is 2.91. The van der Waals surface area contributed by atoms with Crippen molar-refractivity contribution in [2.24, 2.45) is 11.7 Å². The third kappa shape index (κ3) is 13.8. The molecule has 0 aromatic carbocycles. The SMILES string of the molecule is CC(N)CCCC(C)CNCCCCC(F)(F)F. The van der Waals surface area contributed by atoms with Crippen LogP contribution in [-0.4, -0.2) is 25.3 Å². The lowest BCUT2D eigenvalue weighted by molar-refractivity contribution is -0.135. The Hall–Kier alpha value is -0.290. The Morgan fingerprint density at radius 1 is 1.06 bits per heavy atom. The van der Waals surface area contributed by atoms with Crippen molar-refractivity contribution in [2.45, 2.75) is 64.6 Å². The lowest BCUT2D eigenvalue weighted by atomic mass is 10.0. The second-order valence-electron chi connectivity index (χ2n) is 5.29. The van der Waals surface area contributed by atoms with Gasteiger partial charge in [0.1, 0.15) is 0 Å². The van der Waals surface area contributed by atoms with Gasteiger partial charge in [-0.3, -0.25) is 0 Å². The quantitative estimate of drug-likeness (QED) is 0.595. The van der Waals surface area contributed by atoms with Crippen LogP contribution in [0.2, 0.25) is 0 Å². The van der Waals surface area contributed by atoms with Gasteiger partial charge in [-0.15, -0.1) is 0 Å². The molecule has 0 aliphatic rings. The van der Waals surface area contributed by atoms with Gasteiger partial charge in [0.15, 0.2) is 0 Å². The first-order valence-corrected chi connectivity index (χ1v) is 6.84. The lowest BCUT2D eigenvalue weighted by Crippen LogP contribution is -2.23. The average molecular weight is 268 g/mol. The van der Waals surface area contributed by atoms with Gasteiger partial charge < -0.3 is 11.1 Å². The highest BCUT2D eigenvalue weighted by Gasteiger charge is 2.25. The van der Waals surface area contributed by atoms with Gasteiger partial charge in [-0.25, -0.2) is 0 Å². The Kier molecular flexibility index (Phi) is 9.46. The van der Waals surface area contributed by atoms with Crippen LogP contribution < -0.4 is 11.1 Å². The Morgan fingerprint density at radius 3 is 2.28 bits per heavy atom. The molecule has 0 rings (SSSR count). The average Bonchev–Trinajstić information content (AvgIpc) is 2.21. The summed E-state index contributed by atoms with van der Waals surface area (Å²) < 4.78 is 35.6. The van der Waals surface area contributed by atoms with Crippen LogP contribution in [0.25, 0.3) is 0 Å². The van der Waals surface area contributed by atoms with E-state index in [9.17, 15) is 13.2 Å². The van der Waals surface area contributed by atoms with E-state index in [2.05, 4.69) is 12.2 Å². The van der Waals surface area contributed by atoms with Crippen LogP contribution >= 0.6 is 0 Å². The summed E-state index contributed by atoms with van der Waals surface area (Å²) in [7, 11) is 0. The van der Waals surface area contributed by atoms with Crippen LogP contribution in [0.1, 0.15) is 52.4 Å². The second kappa shape index (κ2) is 9.62. The van der Waals surface area contributed by atoms with Gasteiger partial charge >= 0.3 is 6.18 Å². The van der Waals surface area contributed by atoms with E-state index >= 15 is 0 Å². The van der Waals surface area contributed by atoms with Gasteiger partial charge in [0, 0.05) is 12.5 Å². The maximum absolute atomic E-state index is 11.9. The van der Waals surface area contributed by atoms with E-state index in [1.807, 2.05) is 6.92 Å². The van der Waals surface area contributed by atoms with Crippen molar-refractivity contribution in [3.05, 3.63) is 0 Å². The maximum Gasteiger partial charge on any atom is 0.389 e. The Labute approximate surface area is 109 Å². The van der Waals surface area contributed by atoms with E-state index in [-0.39, 0.29) is 12.5 Å². The minimum Gasteiger partial charge on any atom is -0.328 e. The molecule has 0 aliphatic heterocycles. The molecule has 0 amide bonds. The number of unbranched alkanes of at least 4 members (excludes halogenated alkanes) is 1. The molecule has 110 valence electrons. The largest absolute Gasteiger partial charge is 0.389 e. The normalized spacial score (nSPS) is 15.7. The first-order chi connectivity index (χ1) is 8.31. The first kappa shape index (κ1) is 17.7. The molecular weight excluding hydrogens is 241 g/mol. The molecule has 0 aromatic heterocycles. The molecule has 3 N–H and O–H groups in total. The van der Waals surface area contributed by atoms with E-state index in [1.54, 1.807) is 0 Å². The summed E-state index contributed by atoms with van der Waals surface area (Å²) in [5.74, 6) is 0.561. The molecule has 0 radical (unpaired) electrons. The summed E-state index contributed by atoms with van der Waals surface area (Å²) >= 11 is 0. The third-order valence-corrected chi connectivity index (χ3v) is 2.91. The summed E-state index contributed by atoms with van der Waals surface area (Å²) in [5, 5.41) is 3.21. The predicted octanol–water partition coefficient (Wildman–Crippen LogP) is 3.46. The fraction of sp³-hybridized carbons (Fsp3) is 1.00. The number of hydrogen-bond donors (Lipinski definition) is 2. The lowest BCUT2D eigenvalue weighted by Gasteiger charge is -2.13. The minimum absolute atomic E-state index is 0.218. The van der Waals surface area contributed by atoms with Crippen molar-refractivity contribution >= 4 is 0 Å². The fourth-order valence-electron chi connectivity index (χ4n) is 1.81.